The smallest absolute Gasteiger partial charge is 0.317 e. The van der Waals surface area contributed by atoms with Gasteiger partial charge in [-0.2, -0.15) is 0 Å². The maximum absolute atomic E-state index is 10.8. The molecule has 1 aromatic rings. The molecular formula is C15H22N2O2. The van der Waals surface area contributed by atoms with Crippen LogP contribution in [-0.4, -0.2) is 48.7 Å². The number of aryl methyl sites for hydroxylation is 2. The summed E-state index contributed by atoms with van der Waals surface area (Å²) < 4.78 is 0. The van der Waals surface area contributed by atoms with Crippen LogP contribution in [-0.2, 0) is 4.79 Å². The minimum Gasteiger partial charge on any atom is -0.480 e. The van der Waals surface area contributed by atoms with E-state index < -0.39 is 5.97 Å². The van der Waals surface area contributed by atoms with Gasteiger partial charge in [-0.05, 0) is 38.9 Å². The minimum absolute atomic E-state index is 0.116. The Morgan fingerprint density at radius 2 is 2.21 bits per heavy atom. The van der Waals surface area contributed by atoms with Crippen LogP contribution in [0, 0.1) is 13.8 Å². The molecule has 1 aliphatic heterocycles. The van der Waals surface area contributed by atoms with Crippen LogP contribution in [0.15, 0.2) is 18.2 Å². The molecule has 4 nitrogen and oxygen atoms in total. The fourth-order valence-electron chi connectivity index (χ4n) is 2.82. The van der Waals surface area contributed by atoms with Gasteiger partial charge in [-0.3, -0.25) is 9.69 Å². The van der Waals surface area contributed by atoms with Crippen molar-refractivity contribution in [3.05, 3.63) is 29.3 Å². The highest BCUT2D eigenvalue weighted by molar-refractivity contribution is 5.69. The van der Waals surface area contributed by atoms with Crippen LogP contribution in [0.2, 0.25) is 0 Å². The summed E-state index contributed by atoms with van der Waals surface area (Å²) in [6.45, 7) is 6.26. The summed E-state index contributed by atoms with van der Waals surface area (Å²) in [5.41, 5.74) is 3.85. The molecule has 0 amide bonds. The number of carboxylic acids is 1. The monoisotopic (exact) mass is 262 g/mol. The number of likely N-dealkylation sites (N-methyl/N-ethyl adjacent to an activating group) is 1. The minimum atomic E-state index is -0.757. The zero-order valence-corrected chi connectivity index (χ0v) is 11.9. The van der Waals surface area contributed by atoms with Crippen molar-refractivity contribution in [1.82, 2.24) is 4.90 Å². The van der Waals surface area contributed by atoms with Crippen LogP contribution in [0.3, 0.4) is 0 Å². The summed E-state index contributed by atoms with van der Waals surface area (Å²) in [4.78, 5) is 15.0. The van der Waals surface area contributed by atoms with E-state index in [1.807, 2.05) is 11.9 Å². The third-order valence-corrected chi connectivity index (χ3v) is 3.86. The molecule has 1 aliphatic rings. The van der Waals surface area contributed by atoms with Gasteiger partial charge >= 0.3 is 5.97 Å². The second kappa shape index (κ2) is 5.61. The summed E-state index contributed by atoms with van der Waals surface area (Å²) in [6.07, 6.45) is 1.02. The van der Waals surface area contributed by atoms with Crippen molar-refractivity contribution >= 4 is 11.7 Å². The van der Waals surface area contributed by atoms with E-state index in [9.17, 15) is 4.79 Å². The van der Waals surface area contributed by atoms with Crippen LogP contribution in [0.25, 0.3) is 0 Å². The third kappa shape index (κ3) is 3.26. The Hall–Kier alpha value is -1.55. The van der Waals surface area contributed by atoms with Gasteiger partial charge in [0.05, 0.1) is 6.54 Å². The van der Waals surface area contributed by atoms with Gasteiger partial charge in [-0.15, -0.1) is 0 Å². The molecule has 1 atom stereocenters. The Morgan fingerprint density at radius 3 is 2.84 bits per heavy atom. The van der Waals surface area contributed by atoms with Crippen molar-refractivity contribution in [2.24, 2.45) is 0 Å². The van der Waals surface area contributed by atoms with Gasteiger partial charge in [0.2, 0.25) is 0 Å². The van der Waals surface area contributed by atoms with Gasteiger partial charge < -0.3 is 10.0 Å². The molecular weight excluding hydrogens is 240 g/mol. The average molecular weight is 262 g/mol. The van der Waals surface area contributed by atoms with E-state index in [4.69, 9.17) is 5.11 Å². The molecule has 0 saturated carbocycles. The van der Waals surface area contributed by atoms with Crippen molar-refractivity contribution in [3.8, 4) is 0 Å². The number of hydrogen-bond donors (Lipinski definition) is 1. The fourth-order valence-corrected chi connectivity index (χ4v) is 2.82. The first-order chi connectivity index (χ1) is 8.97. The number of carboxylic acid groups (broad SMARTS) is 1. The molecule has 1 fully saturated rings. The number of benzene rings is 1. The summed E-state index contributed by atoms with van der Waals surface area (Å²) in [7, 11) is 1.89. The molecule has 0 bridgehead atoms. The molecule has 19 heavy (non-hydrogen) atoms. The van der Waals surface area contributed by atoms with E-state index in [0.717, 1.165) is 19.5 Å². The van der Waals surface area contributed by atoms with Crippen LogP contribution >= 0.6 is 0 Å². The lowest BCUT2D eigenvalue weighted by molar-refractivity contribution is -0.138. The van der Waals surface area contributed by atoms with Crippen LogP contribution in [0.1, 0.15) is 17.5 Å². The quantitative estimate of drug-likeness (QED) is 0.900. The Kier molecular flexibility index (Phi) is 4.10. The number of rotatable bonds is 4. The van der Waals surface area contributed by atoms with Gasteiger partial charge in [-0.25, -0.2) is 0 Å². The molecule has 1 unspecified atom stereocenters. The molecule has 1 aromatic carbocycles. The lowest BCUT2D eigenvalue weighted by Gasteiger charge is -2.25. The Morgan fingerprint density at radius 1 is 1.47 bits per heavy atom. The highest BCUT2D eigenvalue weighted by Gasteiger charge is 2.27. The van der Waals surface area contributed by atoms with E-state index in [-0.39, 0.29) is 6.54 Å². The Bertz CT molecular complexity index is 473. The molecule has 0 radical (unpaired) electrons. The summed E-state index contributed by atoms with van der Waals surface area (Å²) >= 11 is 0. The molecule has 0 aromatic heterocycles. The lowest BCUT2D eigenvalue weighted by atomic mass is 10.1. The molecule has 0 spiro atoms. The van der Waals surface area contributed by atoms with Crippen molar-refractivity contribution in [2.75, 3.05) is 31.6 Å². The second-order valence-electron chi connectivity index (χ2n) is 5.49. The van der Waals surface area contributed by atoms with Gasteiger partial charge in [0.15, 0.2) is 0 Å². The fraction of sp³-hybridized carbons (Fsp3) is 0.533. The van der Waals surface area contributed by atoms with Gasteiger partial charge in [0, 0.05) is 24.8 Å². The predicted octanol–water partition coefficient (Wildman–Crippen LogP) is 1.90. The number of hydrogen-bond acceptors (Lipinski definition) is 3. The normalized spacial score (nSPS) is 19.2. The first-order valence-electron chi connectivity index (χ1n) is 6.71. The average Bonchev–Trinajstić information content (AvgIpc) is 2.77. The summed E-state index contributed by atoms with van der Waals surface area (Å²) in [5.74, 6) is -0.757. The maximum atomic E-state index is 10.8. The van der Waals surface area contributed by atoms with E-state index >= 15 is 0 Å². The first kappa shape index (κ1) is 13.9. The maximum Gasteiger partial charge on any atom is 0.317 e. The highest BCUT2D eigenvalue weighted by Crippen LogP contribution is 2.26. The number of aliphatic carboxylic acids is 1. The van der Waals surface area contributed by atoms with Gasteiger partial charge in [0.25, 0.3) is 0 Å². The molecule has 1 saturated heterocycles. The molecule has 0 aliphatic carbocycles. The van der Waals surface area contributed by atoms with Crippen LogP contribution in [0.4, 0.5) is 5.69 Å². The molecule has 2 rings (SSSR count). The number of carbonyl (C=O) groups is 1. The molecule has 1 heterocycles. The van der Waals surface area contributed by atoms with Crippen LogP contribution < -0.4 is 4.90 Å². The first-order valence-corrected chi connectivity index (χ1v) is 6.71. The highest BCUT2D eigenvalue weighted by atomic mass is 16.4. The second-order valence-corrected chi connectivity index (χ2v) is 5.49. The zero-order chi connectivity index (χ0) is 14.0. The van der Waals surface area contributed by atoms with E-state index in [1.165, 1.54) is 16.8 Å². The summed E-state index contributed by atoms with van der Waals surface area (Å²) in [6, 6.07) is 6.83. The molecule has 1 N–H and O–H groups in total. The van der Waals surface area contributed by atoms with Gasteiger partial charge in [-0.1, -0.05) is 17.7 Å². The van der Waals surface area contributed by atoms with E-state index in [0.29, 0.717) is 6.04 Å². The number of nitrogens with zero attached hydrogens (tertiary/aromatic N) is 2. The molecule has 104 valence electrons. The summed E-state index contributed by atoms with van der Waals surface area (Å²) in [5, 5.41) is 8.85. The van der Waals surface area contributed by atoms with Crippen molar-refractivity contribution in [1.29, 1.82) is 0 Å². The number of anilines is 1. The zero-order valence-electron chi connectivity index (χ0n) is 11.9. The van der Waals surface area contributed by atoms with E-state index in [2.05, 4.69) is 36.9 Å². The third-order valence-electron chi connectivity index (χ3n) is 3.86. The topological polar surface area (TPSA) is 43.8 Å². The predicted molar refractivity (Wildman–Crippen MR) is 76.8 cm³/mol. The van der Waals surface area contributed by atoms with Crippen molar-refractivity contribution in [3.63, 3.8) is 0 Å². The van der Waals surface area contributed by atoms with Crippen LogP contribution in [0.5, 0.6) is 0 Å². The van der Waals surface area contributed by atoms with Gasteiger partial charge in [0.1, 0.15) is 0 Å². The SMILES string of the molecule is Cc1ccc(N2CCC(N(C)CC(=O)O)C2)c(C)c1. The standard InChI is InChI=1S/C15H22N2O2/c1-11-4-5-14(12(2)8-11)17-7-6-13(9-17)16(3)10-15(18)19/h4-5,8,13H,6-7,9-10H2,1-3H3,(H,18,19). The van der Waals surface area contributed by atoms with Crippen molar-refractivity contribution < 1.29 is 9.90 Å². The van der Waals surface area contributed by atoms with Crippen molar-refractivity contribution in [2.45, 2.75) is 26.3 Å². The Labute approximate surface area is 114 Å². The largest absolute Gasteiger partial charge is 0.480 e. The van der Waals surface area contributed by atoms with E-state index in [1.54, 1.807) is 0 Å². The molecule has 4 heteroatoms. The Balaban J connectivity index is 2.03. The lowest BCUT2D eigenvalue weighted by Crippen LogP contribution is -2.38.